The SMILES string of the molecule is C=NN(C)/C=C(\C)NC(=O)Cc1nc2cnc3[nH]ccc3c2n1C1CCC(CC#N)CC1. The van der Waals surface area contributed by atoms with Crippen LogP contribution in [-0.2, 0) is 11.2 Å². The summed E-state index contributed by atoms with van der Waals surface area (Å²) in [7, 11) is 1.75. The first-order valence-corrected chi connectivity index (χ1v) is 10.9. The predicted molar refractivity (Wildman–Crippen MR) is 124 cm³/mol. The van der Waals surface area contributed by atoms with Gasteiger partial charge in [-0.15, -0.1) is 0 Å². The van der Waals surface area contributed by atoms with Gasteiger partial charge in [0.05, 0.1) is 24.2 Å². The summed E-state index contributed by atoms with van der Waals surface area (Å²) in [6, 6.07) is 4.56. The summed E-state index contributed by atoms with van der Waals surface area (Å²) < 4.78 is 2.24. The van der Waals surface area contributed by atoms with Gasteiger partial charge in [0.2, 0.25) is 5.91 Å². The molecule has 3 aromatic rings. The van der Waals surface area contributed by atoms with E-state index in [1.54, 1.807) is 24.5 Å². The van der Waals surface area contributed by atoms with Gasteiger partial charge in [-0.05, 0) is 44.6 Å². The van der Waals surface area contributed by atoms with Crippen LogP contribution in [0.2, 0.25) is 0 Å². The lowest BCUT2D eigenvalue weighted by Crippen LogP contribution is -2.27. The number of H-pyrrole nitrogens is 1. The standard InChI is InChI=1S/C23H28N8O/c1-15(14-30(3)25-2)28-21(32)12-20-29-19-13-27-23-18(9-11-26-23)22(19)31(20)17-6-4-16(5-7-17)8-10-24/h9,11,13-14,16-17H,2,4-8,12H2,1,3H3,(H,26,27)(H,28,32)/b15-14+. The van der Waals surface area contributed by atoms with Gasteiger partial charge in [0, 0.05) is 49.7 Å². The van der Waals surface area contributed by atoms with Crippen molar-refractivity contribution in [2.45, 2.75) is 51.5 Å². The average Bonchev–Trinajstić information content (AvgIpc) is 3.38. The number of imidazole rings is 1. The van der Waals surface area contributed by atoms with Crippen LogP contribution < -0.4 is 5.32 Å². The van der Waals surface area contributed by atoms with E-state index in [-0.39, 0.29) is 18.4 Å². The summed E-state index contributed by atoms with van der Waals surface area (Å²) in [5, 5.41) is 18.3. The molecular weight excluding hydrogens is 404 g/mol. The van der Waals surface area contributed by atoms with Crippen molar-refractivity contribution in [3.05, 3.63) is 36.2 Å². The molecule has 0 atom stereocenters. The molecular formula is C23H28N8O. The first-order valence-electron chi connectivity index (χ1n) is 10.9. The summed E-state index contributed by atoms with van der Waals surface area (Å²) in [6.07, 6.45) is 10.1. The van der Waals surface area contributed by atoms with Gasteiger partial charge in [0.1, 0.15) is 17.0 Å². The largest absolute Gasteiger partial charge is 0.346 e. The Hall–Kier alpha value is -3.67. The number of pyridine rings is 1. The lowest BCUT2D eigenvalue weighted by atomic mass is 9.84. The quantitative estimate of drug-likeness (QED) is 0.437. The number of aromatic nitrogens is 4. The first-order chi connectivity index (χ1) is 15.5. The molecule has 2 N–H and O–H groups in total. The summed E-state index contributed by atoms with van der Waals surface area (Å²) in [4.78, 5) is 25.3. The molecule has 1 aliphatic rings. The van der Waals surface area contributed by atoms with Gasteiger partial charge in [-0.2, -0.15) is 10.4 Å². The van der Waals surface area contributed by atoms with Gasteiger partial charge >= 0.3 is 0 Å². The predicted octanol–water partition coefficient (Wildman–Crippen LogP) is 3.62. The van der Waals surface area contributed by atoms with E-state index in [1.807, 2.05) is 19.2 Å². The second kappa shape index (κ2) is 9.22. The Labute approximate surface area is 186 Å². The van der Waals surface area contributed by atoms with Crippen molar-refractivity contribution in [2.24, 2.45) is 11.0 Å². The molecule has 32 heavy (non-hydrogen) atoms. The van der Waals surface area contributed by atoms with Crippen LogP contribution in [0.15, 0.2) is 35.5 Å². The molecule has 3 aromatic heterocycles. The Kier molecular flexibility index (Phi) is 6.21. The lowest BCUT2D eigenvalue weighted by molar-refractivity contribution is -0.119. The van der Waals surface area contributed by atoms with Gasteiger partial charge in [-0.1, -0.05) is 0 Å². The summed E-state index contributed by atoms with van der Waals surface area (Å²) in [6.45, 7) is 5.28. The zero-order valence-corrected chi connectivity index (χ0v) is 18.5. The smallest absolute Gasteiger partial charge is 0.231 e. The highest BCUT2D eigenvalue weighted by Gasteiger charge is 2.27. The van der Waals surface area contributed by atoms with Gasteiger partial charge < -0.3 is 14.9 Å². The van der Waals surface area contributed by atoms with Crippen LogP contribution in [0.4, 0.5) is 0 Å². The average molecular weight is 433 g/mol. The maximum Gasteiger partial charge on any atom is 0.231 e. The number of allylic oxidation sites excluding steroid dienone is 1. The summed E-state index contributed by atoms with van der Waals surface area (Å²) in [5.74, 6) is 1.05. The number of aromatic amines is 1. The number of hydrazone groups is 1. The number of rotatable bonds is 7. The van der Waals surface area contributed by atoms with Crippen molar-refractivity contribution in [1.29, 1.82) is 5.26 Å². The van der Waals surface area contributed by atoms with Gasteiger partial charge in [-0.3, -0.25) is 9.80 Å². The Balaban J connectivity index is 1.67. The number of hydrogen-bond acceptors (Lipinski definition) is 6. The maximum absolute atomic E-state index is 12.8. The molecule has 9 heteroatoms. The third-order valence-corrected chi connectivity index (χ3v) is 6.13. The van der Waals surface area contributed by atoms with Crippen LogP contribution in [0.1, 0.15) is 50.9 Å². The van der Waals surface area contributed by atoms with Gasteiger partial charge in [0.25, 0.3) is 0 Å². The topological polar surface area (TPSA) is 115 Å². The molecule has 0 aliphatic heterocycles. The first kappa shape index (κ1) is 21.6. The van der Waals surface area contributed by atoms with Crippen molar-refractivity contribution in [3.8, 4) is 6.07 Å². The molecule has 0 radical (unpaired) electrons. The molecule has 0 saturated heterocycles. The highest BCUT2D eigenvalue weighted by Crippen LogP contribution is 2.37. The highest BCUT2D eigenvalue weighted by atomic mass is 16.1. The molecule has 3 heterocycles. The fourth-order valence-electron chi connectivity index (χ4n) is 4.66. The Morgan fingerprint density at radius 3 is 2.97 bits per heavy atom. The number of amides is 1. The van der Waals surface area contributed by atoms with Crippen molar-refractivity contribution in [2.75, 3.05) is 7.05 Å². The fourth-order valence-corrected chi connectivity index (χ4v) is 4.66. The van der Waals surface area contributed by atoms with Crippen LogP contribution in [0.5, 0.6) is 0 Å². The van der Waals surface area contributed by atoms with Crippen LogP contribution in [0.25, 0.3) is 22.1 Å². The van der Waals surface area contributed by atoms with Crippen LogP contribution in [0.3, 0.4) is 0 Å². The van der Waals surface area contributed by atoms with Crippen LogP contribution in [-0.4, -0.2) is 44.2 Å². The zero-order chi connectivity index (χ0) is 22.7. The van der Waals surface area contributed by atoms with E-state index >= 15 is 0 Å². The summed E-state index contributed by atoms with van der Waals surface area (Å²) in [5.41, 5.74) is 3.30. The number of hydrogen-bond donors (Lipinski definition) is 2. The van der Waals surface area contributed by atoms with E-state index in [2.05, 4.69) is 37.7 Å². The van der Waals surface area contributed by atoms with E-state index in [0.717, 1.165) is 53.6 Å². The number of nitrogens with zero attached hydrogens (tertiary/aromatic N) is 6. The minimum absolute atomic E-state index is 0.135. The van der Waals surface area contributed by atoms with Crippen molar-refractivity contribution in [1.82, 2.24) is 29.8 Å². The van der Waals surface area contributed by atoms with Crippen molar-refractivity contribution >= 4 is 34.7 Å². The number of fused-ring (bicyclic) bond motifs is 3. The number of nitriles is 1. The minimum Gasteiger partial charge on any atom is -0.346 e. The van der Waals surface area contributed by atoms with E-state index < -0.39 is 0 Å². The normalized spacial score (nSPS) is 19.1. The molecule has 166 valence electrons. The Morgan fingerprint density at radius 1 is 1.47 bits per heavy atom. The molecule has 1 saturated carbocycles. The lowest BCUT2D eigenvalue weighted by Gasteiger charge is -2.30. The molecule has 1 fully saturated rings. The Bertz CT molecular complexity index is 1210. The highest BCUT2D eigenvalue weighted by molar-refractivity contribution is 6.01. The van der Waals surface area contributed by atoms with Gasteiger partial charge in [-0.25, -0.2) is 9.97 Å². The second-order valence-electron chi connectivity index (χ2n) is 8.42. The molecule has 4 rings (SSSR count). The maximum atomic E-state index is 12.8. The molecule has 1 aliphatic carbocycles. The zero-order valence-electron chi connectivity index (χ0n) is 18.5. The molecule has 9 nitrogen and oxygen atoms in total. The van der Waals surface area contributed by atoms with Crippen molar-refractivity contribution < 1.29 is 4.79 Å². The van der Waals surface area contributed by atoms with Gasteiger partial charge in [0.15, 0.2) is 0 Å². The Morgan fingerprint density at radius 2 is 2.25 bits per heavy atom. The van der Waals surface area contributed by atoms with E-state index in [9.17, 15) is 4.79 Å². The number of nitrogens with one attached hydrogen (secondary N) is 2. The molecule has 1 amide bonds. The monoisotopic (exact) mass is 432 g/mol. The number of carbonyl (C=O) groups is 1. The molecule has 0 spiro atoms. The molecule has 0 bridgehead atoms. The third kappa shape index (κ3) is 4.35. The van der Waals surface area contributed by atoms with E-state index in [1.165, 1.54) is 0 Å². The molecule has 0 aromatic carbocycles. The van der Waals surface area contributed by atoms with Crippen LogP contribution >= 0.6 is 0 Å². The van der Waals surface area contributed by atoms with E-state index in [4.69, 9.17) is 10.2 Å². The van der Waals surface area contributed by atoms with Crippen molar-refractivity contribution in [3.63, 3.8) is 0 Å². The fraction of sp³-hybridized carbons (Fsp3) is 0.435. The van der Waals surface area contributed by atoms with E-state index in [0.29, 0.717) is 18.0 Å². The minimum atomic E-state index is -0.135. The third-order valence-electron chi connectivity index (χ3n) is 6.13. The second-order valence-corrected chi connectivity index (χ2v) is 8.42. The molecule has 0 unspecified atom stereocenters. The number of carbonyl (C=O) groups excluding carboxylic acids is 1. The summed E-state index contributed by atoms with van der Waals surface area (Å²) >= 11 is 0. The van der Waals surface area contributed by atoms with Crippen LogP contribution in [0, 0.1) is 17.2 Å².